The van der Waals surface area contributed by atoms with Crippen LogP contribution in [0.15, 0.2) is 16.7 Å². The molecule has 1 aliphatic heterocycles. The van der Waals surface area contributed by atoms with Gasteiger partial charge in [-0.2, -0.15) is 0 Å². The fourth-order valence-corrected chi connectivity index (χ4v) is 2.91. The van der Waals surface area contributed by atoms with Crippen LogP contribution in [0.25, 0.3) is 0 Å². The lowest BCUT2D eigenvalue weighted by atomic mass is 9.93. The van der Waals surface area contributed by atoms with E-state index >= 15 is 0 Å². The number of rotatable bonds is 3. The highest BCUT2D eigenvalue weighted by atomic mass is 16.3. The third kappa shape index (κ3) is 2.02. The molecule has 0 spiro atoms. The summed E-state index contributed by atoms with van der Waals surface area (Å²) < 4.78 is 5.50. The van der Waals surface area contributed by atoms with Gasteiger partial charge in [-0.3, -0.25) is 0 Å². The van der Waals surface area contributed by atoms with Gasteiger partial charge in [0.15, 0.2) is 0 Å². The zero-order valence-corrected chi connectivity index (χ0v) is 9.67. The van der Waals surface area contributed by atoms with Gasteiger partial charge < -0.3 is 15.1 Å². The number of aryl methyl sites for hydroxylation is 1. The zero-order chi connectivity index (χ0) is 10.8. The third-order valence-electron chi connectivity index (χ3n) is 3.82. The van der Waals surface area contributed by atoms with Crippen LogP contribution in [-0.4, -0.2) is 19.1 Å². The van der Waals surface area contributed by atoms with Crippen molar-refractivity contribution in [3.8, 4) is 0 Å². The van der Waals surface area contributed by atoms with Crippen molar-refractivity contribution in [3.63, 3.8) is 0 Å². The van der Waals surface area contributed by atoms with Crippen LogP contribution >= 0.6 is 0 Å². The predicted molar refractivity (Wildman–Crippen MR) is 63.4 cm³/mol. The Morgan fingerprint density at radius 3 is 3.25 bits per heavy atom. The molecule has 2 N–H and O–H groups in total. The molecule has 1 fully saturated rings. The molecule has 3 heteroatoms. The summed E-state index contributed by atoms with van der Waals surface area (Å²) in [5.74, 6) is 1.20. The van der Waals surface area contributed by atoms with Crippen LogP contribution in [0, 0.1) is 0 Å². The van der Waals surface area contributed by atoms with Gasteiger partial charge in [0.2, 0.25) is 0 Å². The van der Waals surface area contributed by atoms with Crippen molar-refractivity contribution >= 4 is 0 Å². The molecule has 0 amide bonds. The van der Waals surface area contributed by atoms with Crippen molar-refractivity contribution in [2.24, 2.45) is 0 Å². The first kappa shape index (κ1) is 10.4. The Kier molecular flexibility index (Phi) is 2.98. The average molecular weight is 220 g/mol. The number of nitrogens with one attached hydrogen (secondary N) is 2. The van der Waals surface area contributed by atoms with Gasteiger partial charge in [0.25, 0.3) is 0 Å². The largest absolute Gasteiger partial charge is 0.469 e. The van der Waals surface area contributed by atoms with Crippen molar-refractivity contribution < 1.29 is 4.42 Å². The summed E-state index contributed by atoms with van der Waals surface area (Å²) >= 11 is 0. The Hall–Kier alpha value is -0.800. The maximum absolute atomic E-state index is 5.50. The molecule has 0 radical (unpaired) electrons. The van der Waals surface area contributed by atoms with Gasteiger partial charge in [-0.05, 0) is 38.3 Å². The lowest BCUT2D eigenvalue weighted by Gasteiger charge is -2.24. The van der Waals surface area contributed by atoms with Crippen molar-refractivity contribution in [2.75, 3.05) is 13.1 Å². The van der Waals surface area contributed by atoms with E-state index in [0.29, 0.717) is 12.1 Å². The Balaban J connectivity index is 1.59. The van der Waals surface area contributed by atoms with Gasteiger partial charge in [-0.25, -0.2) is 0 Å². The van der Waals surface area contributed by atoms with Crippen LogP contribution in [0.5, 0.6) is 0 Å². The molecule has 3 nitrogen and oxygen atoms in total. The van der Waals surface area contributed by atoms with Gasteiger partial charge in [-0.1, -0.05) is 0 Å². The van der Waals surface area contributed by atoms with Crippen molar-refractivity contribution in [2.45, 2.75) is 44.2 Å². The third-order valence-corrected chi connectivity index (χ3v) is 3.82. The van der Waals surface area contributed by atoms with E-state index in [1.807, 2.05) is 6.26 Å². The van der Waals surface area contributed by atoms with E-state index < -0.39 is 0 Å². The summed E-state index contributed by atoms with van der Waals surface area (Å²) in [4.78, 5) is 0. The highest BCUT2D eigenvalue weighted by Crippen LogP contribution is 2.30. The molecule has 16 heavy (non-hydrogen) atoms. The normalized spacial score (nSPS) is 29.2. The molecular weight excluding hydrogens is 200 g/mol. The molecule has 2 heterocycles. The molecule has 0 aromatic carbocycles. The molecule has 1 aromatic rings. The summed E-state index contributed by atoms with van der Waals surface area (Å²) in [6.45, 7) is 2.28. The van der Waals surface area contributed by atoms with Crippen molar-refractivity contribution in [1.29, 1.82) is 0 Å². The Labute approximate surface area is 96.6 Å². The van der Waals surface area contributed by atoms with E-state index in [0.717, 1.165) is 13.0 Å². The summed E-state index contributed by atoms with van der Waals surface area (Å²) in [7, 11) is 0. The quantitative estimate of drug-likeness (QED) is 0.818. The fraction of sp³-hybridized carbons (Fsp3) is 0.692. The summed E-state index contributed by atoms with van der Waals surface area (Å²) in [6, 6.07) is 3.33. The average Bonchev–Trinajstić information content (AvgIpc) is 2.97. The molecule has 0 bridgehead atoms. The monoisotopic (exact) mass is 220 g/mol. The van der Waals surface area contributed by atoms with E-state index in [4.69, 9.17) is 4.42 Å². The van der Waals surface area contributed by atoms with Crippen LogP contribution in [-0.2, 0) is 6.42 Å². The second kappa shape index (κ2) is 4.60. The summed E-state index contributed by atoms with van der Waals surface area (Å²) in [5.41, 5.74) is 1.39. The molecule has 0 saturated carbocycles. The zero-order valence-electron chi connectivity index (χ0n) is 9.67. The first-order valence-corrected chi connectivity index (χ1v) is 6.46. The van der Waals surface area contributed by atoms with E-state index in [1.165, 1.54) is 43.6 Å². The van der Waals surface area contributed by atoms with Crippen LogP contribution in [0.1, 0.15) is 43.0 Å². The Bertz CT molecular complexity index is 341. The fourth-order valence-electron chi connectivity index (χ4n) is 2.91. The molecule has 88 valence electrons. The van der Waals surface area contributed by atoms with Crippen molar-refractivity contribution in [1.82, 2.24) is 10.6 Å². The molecule has 1 aliphatic carbocycles. The minimum Gasteiger partial charge on any atom is -0.469 e. The molecule has 3 rings (SSSR count). The highest BCUT2D eigenvalue weighted by Gasteiger charge is 2.23. The second-order valence-corrected chi connectivity index (χ2v) is 4.95. The lowest BCUT2D eigenvalue weighted by molar-refractivity contribution is 0.395. The van der Waals surface area contributed by atoms with Gasteiger partial charge >= 0.3 is 0 Å². The SMILES string of the molecule is c1cc2c(o1)CCCC2NCC1CCCN1. The summed E-state index contributed by atoms with van der Waals surface area (Å²) in [6.07, 6.45) is 8.09. The van der Waals surface area contributed by atoms with E-state index in [9.17, 15) is 0 Å². The molecule has 2 unspecified atom stereocenters. The van der Waals surface area contributed by atoms with Crippen LogP contribution in [0.2, 0.25) is 0 Å². The molecule has 2 atom stereocenters. The highest BCUT2D eigenvalue weighted by molar-refractivity contribution is 5.24. The predicted octanol–water partition coefficient (Wildman–Crippen LogP) is 2.00. The van der Waals surface area contributed by atoms with Crippen LogP contribution in [0.3, 0.4) is 0 Å². The van der Waals surface area contributed by atoms with Gasteiger partial charge in [-0.15, -0.1) is 0 Å². The number of hydrogen-bond acceptors (Lipinski definition) is 3. The van der Waals surface area contributed by atoms with Crippen LogP contribution < -0.4 is 10.6 Å². The smallest absolute Gasteiger partial charge is 0.108 e. The number of hydrogen-bond donors (Lipinski definition) is 2. The van der Waals surface area contributed by atoms with E-state index in [-0.39, 0.29) is 0 Å². The lowest BCUT2D eigenvalue weighted by Crippen LogP contribution is -2.36. The maximum atomic E-state index is 5.50. The maximum Gasteiger partial charge on any atom is 0.108 e. The second-order valence-electron chi connectivity index (χ2n) is 4.95. The Morgan fingerprint density at radius 2 is 2.38 bits per heavy atom. The first-order chi connectivity index (χ1) is 7.93. The number of furan rings is 1. The van der Waals surface area contributed by atoms with Gasteiger partial charge in [0.05, 0.1) is 6.26 Å². The molecule has 1 saturated heterocycles. The molecular formula is C13H20N2O. The number of fused-ring (bicyclic) bond motifs is 1. The molecule has 2 aliphatic rings. The van der Waals surface area contributed by atoms with E-state index in [1.54, 1.807) is 0 Å². The minimum atomic E-state index is 0.518. The van der Waals surface area contributed by atoms with Crippen LogP contribution in [0.4, 0.5) is 0 Å². The minimum absolute atomic E-state index is 0.518. The topological polar surface area (TPSA) is 37.2 Å². The van der Waals surface area contributed by atoms with E-state index in [2.05, 4.69) is 16.7 Å². The van der Waals surface area contributed by atoms with Gasteiger partial charge in [0, 0.05) is 30.6 Å². The van der Waals surface area contributed by atoms with Gasteiger partial charge in [0.1, 0.15) is 5.76 Å². The molecule has 1 aromatic heterocycles. The Morgan fingerprint density at radius 1 is 1.38 bits per heavy atom. The van der Waals surface area contributed by atoms with Crippen molar-refractivity contribution in [3.05, 3.63) is 23.7 Å². The summed E-state index contributed by atoms with van der Waals surface area (Å²) in [5, 5.41) is 7.21. The first-order valence-electron chi connectivity index (χ1n) is 6.46. The standard InChI is InChI=1S/C13H20N2O/c1-4-12(11-6-8-16-13(11)5-1)15-9-10-3-2-7-14-10/h6,8,10,12,14-15H,1-5,7,9H2.